The number of amides is 4. The Kier molecular flexibility index (Phi) is 5.41. The van der Waals surface area contributed by atoms with Crippen LogP contribution in [-0.4, -0.2) is 43.0 Å². The number of hydrogen-bond donors (Lipinski definition) is 2. The van der Waals surface area contributed by atoms with Crippen molar-refractivity contribution in [2.75, 3.05) is 20.3 Å². The molecule has 3 N–H and O–H groups in total. The molecule has 1 fully saturated rings. The van der Waals surface area contributed by atoms with Gasteiger partial charge in [0.1, 0.15) is 5.70 Å². The Bertz CT molecular complexity index is 699. The highest BCUT2D eigenvalue weighted by molar-refractivity contribution is 6.13. The second-order valence-electron chi connectivity index (χ2n) is 5.11. The molecule has 0 atom stereocenters. The van der Waals surface area contributed by atoms with Gasteiger partial charge in [-0.1, -0.05) is 13.0 Å². The van der Waals surface area contributed by atoms with Gasteiger partial charge in [-0.25, -0.2) is 4.79 Å². The fraction of sp³-hybridized carbons (Fsp3) is 0.312. The average molecular weight is 333 g/mol. The summed E-state index contributed by atoms with van der Waals surface area (Å²) in [5, 5.41) is 2.54. The molecule has 0 unspecified atom stereocenters. The van der Waals surface area contributed by atoms with E-state index in [9.17, 15) is 14.4 Å². The van der Waals surface area contributed by atoms with Crippen molar-refractivity contribution in [3.8, 4) is 11.5 Å². The van der Waals surface area contributed by atoms with E-state index in [4.69, 9.17) is 15.2 Å². The largest absolute Gasteiger partial charge is 0.493 e. The van der Waals surface area contributed by atoms with Gasteiger partial charge in [-0.2, -0.15) is 0 Å². The molecule has 0 spiro atoms. The molecule has 8 nitrogen and oxygen atoms in total. The molecule has 1 saturated heterocycles. The third kappa shape index (κ3) is 3.83. The van der Waals surface area contributed by atoms with E-state index in [0.717, 1.165) is 4.90 Å². The second kappa shape index (κ2) is 7.49. The summed E-state index contributed by atoms with van der Waals surface area (Å²) in [5.41, 5.74) is 5.87. The van der Waals surface area contributed by atoms with Crippen LogP contribution in [0.25, 0.3) is 6.08 Å². The number of hydrogen-bond acceptors (Lipinski definition) is 5. The molecule has 0 saturated carbocycles. The van der Waals surface area contributed by atoms with Crippen LogP contribution in [0.4, 0.5) is 4.79 Å². The summed E-state index contributed by atoms with van der Waals surface area (Å²) in [6.07, 6.45) is 2.24. The molecule has 1 heterocycles. The van der Waals surface area contributed by atoms with E-state index >= 15 is 0 Å². The Morgan fingerprint density at radius 2 is 2.08 bits per heavy atom. The van der Waals surface area contributed by atoms with Gasteiger partial charge in [0.15, 0.2) is 18.1 Å². The highest BCUT2D eigenvalue weighted by Crippen LogP contribution is 2.29. The number of methoxy groups -OCH3 is 1. The van der Waals surface area contributed by atoms with Crippen LogP contribution in [0.15, 0.2) is 23.9 Å². The standard InChI is InChI=1S/C16H19N3O5/c1-3-6-19-15(21)11(18-16(19)22)7-10-4-5-12(13(8-10)23-2)24-9-14(17)20/h4-5,7-8H,3,6,9H2,1-2H3,(H2,17,20)(H,18,22)/b11-7+. The van der Waals surface area contributed by atoms with Crippen LogP contribution in [0.5, 0.6) is 11.5 Å². The molecule has 0 aliphatic carbocycles. The summed E-state index contributed by atoms with van der Waals surface area (Å²) in [7, 11) is 1.45. The van der Waals surface area contributed by atoms with Gasteiger partial charge in [0.25, 0.3) is 11.8 Å². The number of carbonyl (C=O) groups excluding carboxylic acids is 3. The van der Waals surface area contributed by atoms with E-state index in [1.165, 1.54) is 7.11 Å². The maximum atomic E-state index is 12.2. The van der Waals surface area contributed by atoms with Crippen LogP contribution in [0.1, 0.15) is 18.9 Å². The number of rotatable bonds is 7. The molecule has 8 heteroatoms. The van der Waals surface area contributed by atoms with E-state index in [0.29, 0.717) is 30.0 Å². The Balaban J connectivity index is 2.22. The Morgan fingerprint density at radius 1 is 1.33 bits per heavy atom. The molecule has 0 radical (unpaired) electrons. The first kappa shape index (κ1) is 17.3. The molecule has 1 aromatic rings. The van der Waals surface area contributed by atoms with Crippen LogP contribution in [0, 0.1) is 0 Å². The number of ether oxygens (including phenoxy) is 2. The van der Waals surface area contributed by atoms with Gasteiger partial charge in [-0.05, 0) is 30.2 Å². The maximum Gasteiger partial charge on any atom is 0.329 e. The number of benzene rings is 1. The SMILES string of the molecule is CCCN1C(=O)N/C(=C/c2ccc(OCC(N)=O)c(OC)c2)C1=O. The smallest absolute Gasteiger partial charge is 0.329 e. The maximum absolute atomic E-state index is 12.2. The number of nitrogens with zero attached hydrogens (tertiary/aromatic N) is 1. The minimum atomic E-state index is -0.599. The van der Waals surface area contributed by atoms with Gasteiger partial charge in [0.2, 0.25) is 0 Å². The first-order valence-electron chi connectivity index (χ1n) is 7.40. The zero-order chi connectivity index (χ0) is 17.7. The minimum Gasteiger partial charge on any atom is -0.493 e. The summed E-state index contributed by atoms with van der Waals surface area (Å²) in [6.45, 7) is 1.99. The lowest BCUT2D eigenvalue weighted by Crippen LogP contribution is -2.31. The molecular formula is C16H19N3O5. The van der Waals surface area contributed by atoms with Crippen LogP contribution in [0.3, 0.4) is 0 Å². The van der Waals surface area contributed by atoms with Crippen LogP contribution in [0.2, 0.25) is 0 Å². The minimum absolute atomic E-state index is 0.196. The van der Waals surface area contributed by atoms with E-state index in [1.54, 1.807) is 24.3 Å². The first-order valence-corrected chi connectivity index (χ1v) is 7.40. The average Bonchev–Trinajstić information content (AvgIpc) is 2.81. The summed E-state index contributed by atoms with van der Waals surface area (Å²) in [5.74, 6) is -0.228. The Morgan fingerprint density at radius 3 is 2.71 bits per heavy atom. The van der Waals surface area contributed by atoms with Crippen molar-refractivity contribution in [1.29, 1.82) is 0 Å². The fourth-order valence-corrected chi connectivity index (χ4v) is 2.21. The summed E-state index contributed by atoms with van der Waals surface area (Å²) >= 11 is 0. The van der Waals surface area contributed by atoms with E-state index < -0.39 is 11.9 Å². The summed E-state index contributed by atoms with van der Waals surface area (Å²) in [4.78, 5) is 35.9. The highest BCUT2D eigenvalue weighted by atomic mass is 16.5. The lowest BCUT2D eigenvalue weighted by Gasteiger charge is -2.10. The second-order valence-corrected chi connectivity index (χ2v) is 5.11. The molecule has 1 aliphatic rings. The molecule has 1 aromatic carbocycles. The molecule has 0 aromatic heterocycles. The Hall–Kier alpha value is -3.03. The number of carbonyl (C=O) groups is 3. The number of imide groups is 1. The number of primary amides is 1. The first-order chi connectivity index (χ1) is 11.5. The molecule has 2 rings (SSSR count). The molecule has 4 amide bonds. The molecule has 128 valence electrons. The zero-order valence-electron chi connectivity index (χ0n) is 13.5. The number of nitrogens with one attached hydrogen (secondary N) is 1. The molecule has 1 aliphatic heterocycles. The third-order valence-corrected chi connectivity index (χ3v) is 3.28. The van der Waals surface area contributed by atoms with Crippen molar-refractivity contribution in [3.63, 3.8) is 0 Å². The third-order valence-electron chi connectivity index (χ3n) is 3.28. The predicted octanol–water partition coefficient (Wildman–Crippen LogP) is 0.862. The van der Waals surface area contributed by atoms with Crippen LogP contribution < -0.4 is 20.5 Å². The molecule has 24 heavy (non-hydrogen) atoms. The van der Waals surface area contributed by atoms with Crippen molar-refractivity contribution in [3.05, 3.63) is 29.5 Å². The normalized spacial score (nSPS) is 15.6. The van der Waals surface area contributed by atoms with Gasteiger partial charge in [-0.15, -0.1) is 0 Å². The summed E-state index contributed by atoms with van der Waals surface area (Å²) in [6, 6.07) is 4.47. The predicted molar refractivity (Wildman–Crippen MR) is 86.2 cm³/mol. The van der Waals surface area contributed by atoms with Crippen molar-refractivity contribution in [2.24, 2.45) is 5.73 Å². The van der Waals surface area contributed by atoms with Gasteiger partial charge in [-0.3, -0.25) is 14.5 Å². The van der Waals surface area contributed by atoms with Crippen molar-refractivity contribution >= 4 is 23.9 Å². The Labute approximate surface area is 139 Å². The van der Waals surface area contributed by atoms with E-state index in [-0.39, 0.29) is 18.2 Å². The number of nitrogens with two attached hydrogens (primary N) is 1. The lowest BCUT2D eigenvalue weighted by molar-refractivity contribution is -0.123. The van der Waals surface area contributed by atoms with Gasteiger partial charge in [0, 0.05) is 6.54 Å². The van der Waals surface area contributed by atoms with Gasteiger partial charge >= 0.3 is 6.03 Å². The summed E-state index contributed by atoms with van der Waals surface area (Å²) < 4.78 is 10.4. The monoisotopic (exact) mass is 333 g/mol. The highest BCUT2D eigenvalue weighted by Gasteiger charge is 2.32. The van der Waals surface area contributed by atoms with Crippen molar-refractivity contribution < 1.29 is 23.9 Å². The van der Waals surface area contributed by atoms with Crippen molar-refractivity contribution in [1.82, 2.24) is 10.2 Å². The fourth-order valence-electron chi connectivity index (χ4n) is 2.21. The molecular weight excluding hydrogens is 314 g/mol. The van der Waals surface area contributed by atoms with Crippen LogP contribution >= 0.6 is 0 Å². The van der Waals surface area contributed by atoms with E-state index in [1.807, 2.05) is 6.92 Å². The number of urea groups is 1. The van der Waals surface area contributed by atoms with E-state index in [2.05, 4.69) is 5.32 Å². The lowest BCUT2D eigenvalue weighted by atomic mass is 10.1. The van der Waals surface area contributed by atoms with Gasteiger partial charge < -0.3 is 20.5 Å². The quantitative estimate of drug-likeness (QED) is 0.568. The van der Waals surface area contributed by atoms with Crippen molar-refractivity contribution in [2.45, 2.75) is 13.3 Å². The molecule has 0 bridgehead atoms. The topological polar surface area (TPSA) is 111 Å². The van der Waals surface area contributed by atoms with Gasteiger partial charge in [0.05, 0.1) is 7.11 Å². The van der Waals surface area contributed by atoms with Crippen LogP contribution in [-0.2, 0) is 9.59 Å². The zero-order valence-corrected chi connectivity index (χ0v) is 13.5.